The Morgan fingerprint density at radius 1 is 1.43 bits per heavy atom. The number of halogens is 3. The second kappa shape index (κ2) is 8.03. The molecule has 1 fully saturated rings. The van der Waals surface area contributed by atoms with Gasteiger partial charge < -0.3 is 9.72 Å². The van der Waals surface area contributed by atoms with Crippen LogP contribution in [-0.4, -0.2) is 45.9 Å². The van der Waals surface area contributed by atoms with Gasteiger partial charge in [0, 0.05) is 11.6 Å². The predicted octanol–water partition coefficient (Wildman–Crippen LogP) is 2.47. The van der Waals surface area contributed by atoms with Crippen LogP contribution in [0.2, 0.25) is 0 Å². The summed E-state index contributed by atoms with van der Waals surface area (Å²) in [6, 6.07) is 3.66. The van der Waals surface area contributed by atoms with Crippen molar-refractivity contribution in [2.75, 3.05) is 6.61 Å². The SMILES string of the molecule is O=C(COC1C(Cl)CC(Cl)CC1Cl)N/N=C/c1ccc[nH]1. The van der Waals surface area contributed by atoms with Gasteiger partial charge in [0.15, 0.2) is 0 Å². The number of nitrogens with zero attached hydrogens (tertiary/aromatic N) is 1. The van der Waals surface area contributed by atoms with Crippen LogP contribution in [0.5, 0.6) is 0 Å². The molecule has 2 atom stereocenters. The third-order valence-corrected chi connectivity index (χ3v) is 4.31. The summed E-state index contributed by atoms with van der Waals surface area (Å²) >= 11 is 18.4. The minimum atomic E-state index is -0.388. The zero-order valence-corrected chi connectivity index (χ0v) is 13.4. The van der Waals surface area contributed by atoms with E-state index in [0.717, 1.165) is 5.69 Å². The maximum Gasteiger partial charge on any atom is 0.266 e. The van der Waals surface area contributed by atoms with Gasteiger partial charge in [-0.15, -0.1) is 34.8 Å². The van der Waals surface area contributed by atoms with Crippen LogP contribution in [0.1, 0.15) is 18.5 Å². The maximum atomic E-state index is 11.6. The lowest BCUT2D eigenvalue weighted by molar-refractivity contribution is -0.128. The fraction of sp³-hybridized carbons (Fsp3) is 0.538. The molecule has 0 bridgehead atoms. The molecule has 8 heteroatoms. The van der Waals surface area contributed by atoms with Gasteiger partial charge in [-0.2, -0.15) is 5.10 Å². The van der Waals surface area contributed by atoms with E-state index in [4.69, 9.17) is 39.5 Å². The molecular formula is C13H16Cl3N3O2. The van der Waals surface area contributed by atoms with Crippen molar-refractivity contribution in [3.8, 4) is 0 Å². The number of aromatic nitrogens is 1. The van der Waals surface area contributed by atoms with Crippen LogP contribution in [0.25, 0.3) is 0 Å². The number of carbonyl (C=O) groups excluding carboxylic acids is 1. The van der Waals surface area contributed by atoms with Gasteiger partial charge in [0.2, 0.25) is 0 Å². The maximum absolute atomic E-state index is 11.6. The van der Waals surface area contributed by atoms with Crippen molar-refractivity contribution >= 4 is 46.9 Å². The van der Waals surface area contributed by atoms with Gasteiger partial charge in [-0.3, -0.25) is 4.79 Å². The van der Waals surface area contributed by atoms with Crippen molar-refractivity contribution in [2.24, 2.45) is 5.10 Å². The van der Waals surface area contributed by atoms with Crippen LogP contribution in [-0.2, 0) is 9.53 Å². The molecule has 1 saturated carbocycles. The summed E-state index contributed by atoms with van der Waals surface area (Å²) in [5.41, 5.74) is 3.16. The molecule has 1 aromatic heterocycles. The smallest absolute Gasteiger partial charge is 0.266 e. The topological polar surface area (TPSA) is 66.5 Å². The second-order valence-corrected chi connectivity index (χ2v) is 6.53. The minimum Gasteiger partial charge on any atom is -0.365 e. The van der Waals surface area contributed by atoms with E-state index >= 15 is 0 Å². The molecule has 0 spiro atoms. The fourth-order valence-electron chi connectivity index (χ4n) is 2.09. The quantitative estimate of drug-likeness (QED) is 0.486. The third-order valence-electron chi connectivity index (χ3n) is 3.10. The van der Waals surface area contributed by atoms with Gasteiger partial charge in [-0.25, -0.2) is 5.43 Å². The van der Waals surface area contributed by atoms with E-state index in [9.17, 15) is 4.79 Å². The summed E-state index contributed by atoms with van der Waals surface area (Å²) < 4.78 is 5.49. The van der Waals surface area contributed by atoms with E-state index in [1.54, 1.807) is 6.20 Å². The Labute approximate surface area is 138 Å². The first-order valence-corrected chi connectivity index (χ1v) is 7.86. The number of hydrazone groups is 1. The first kappa shape index (κ1) is 16.6. The molecule has 1 heterocycles. The average molecular weight is 353 g/mol. The molecule has 0 aliphatic heterocycles. The highest BCUT2D eigenvalue weighted by molar-refractivity contribution is 6.27. The Morgan fingerprint density at radius 3 is 2.76 bits per heavy atom. The van der Waals surface area contributed by atoms with Crippen LogP contribution >= 0.6 is 34.8 Å². The monoisotopic (exact) mass is 351 g/mol. The Bertz CT molecular complexity index is 469. The Kier molecular flexibility index (Phi) is 6.36. The minimum absolute atomic E-state index is 0.0472. The molecule has 2 unspecified atom stereocenters. The molecule has 1 aliphatic rings. The highest BCUT2D eigenvalue weighted by Gasteiger charge is 2.36. The molecular weight excluding hydrogens is 337 g/mol. The van der Waals surface area contributed by atoms with E-state index in [1.165, 1.54) is 6.21 Å². The number of ether oxygens (including phenoxy) is 1. The molecule has 1 aromatic rings. The van der Waals surface area contributed by atoms with Crippen molar-refractivity contribution in [1.82, 2.24) is 10.4 Å². The van der Waals surface area contributed by atoms with Crippen LogP contribution in [0.4, 0.5) is 0 Å². The van der Waals surface area contributed by atoms with Crippen molar-refractivity contribution in [2.45, 2.75) is 35.1 Å². The number of aromatic amines is 1. The standard InChI is InChI=1S/C13H16Cl3N3O2/c14-8-4-10(15)13(11(16)5-8)21-7-12(20)19-18-6-9-2-1-3-17-9/h1-3,6,8,10-11,13,17H,4-5,7H2,(H,19,20)/b18-6+. The van der Waals surface area contributed by atoms with Crippen molar-refractivity contribution < 1.29 is 9.53 Å². The van der Waals surface area contributed by atoms with E-state index in [0.29, 0.717) is 12.8 Å². The lowest BCUT2D eigenvalue weighted by Gasteiger charge is -2.33. The summed E-state index contributed by atoms with van der Waals surface area (Å²) in [5, 5.41) is 3.17. The number of hydrogen-bond donors (Lipinski definition) is 2. The van der Waals surface area contributed by atoms with E-state index in [1.807, 2.05) is 12.1 Å². The normalized spacial score (nSPS) is 29.7. The highest BCUT2D eigenvalue weighted by atomic mass is 35.5. The lowest BCUT2D eigenvalue weighted by atomic mass is 9.96. The molecule has 2 rings (SSSR count). The highest BCUT2D eigenvalue weighted by Crippen LogP contribution is 2.32. The fourth-order valence-corrected chi connectivity index (χ4v) is 3.66. The number of rotatable bonds is 5. The zero-order valence-electron chi connectivity index (χ0n) is 11.1. The lowest BCUT2D eigenvalue weighted by Crippen LogP contribution is -2.43. The van der Waals surface area contributed by atoms with Gasteiger partial charge in [-0.1, -0.05) is 0 Å². The van der Waals surface area contributed by atoms with Gasteiger partial charge in [0.25, 0.3) is 5.91 Å². The largest absolute Gasteiger partial charge is 0.365 e. The molecule has 5 nitrogen and oxygen atoms in total. The van der Waals surface area contributed by atoms with Gasteiger partial charge >= 0.3 is 0 Å². The van der Waals surface area contributed by atoms with Crippen molar-refractivity contribution in [3.63, 3.8) is 0 Å². The van der Waals surface area contributed by atoms with E-state index in [-0.39, 0.29) is 34.7 Å². The van der Waals surface area contributed by atoms with Gasteiger partial charge in [-0.05, 0) is 25.0 Å². The summed E-state index contributed by atoms with van der Waals surface area (Å²) in [6.07, 6.45) is 4.11. The molecule has 1 aliphatic carbocycles. The van der Waals surface area contributed by atoms with Crippen LogP contribution in [0.3, 0.4) is 0 Å². The first-order valence-electron chi connectivity index (χ1n) is 6.55. The van der Waals surface area contributed by atoms with E-state index in [2.05, 4.69) is 15.5 Å². The average Bonchev–Trinajstić information content (AvgIpc) is 2.90. The summed E-state index contributed by atoms with van der Waals surface area (Å²) in [4.78, 5) is 14.6. The predicted molar refractivity (Wildman–Crippen MR) is 84.4 cm³/mol. The van der Waals surface area contributed by atoms with Crippen molar-refractivity contribution in [3.05, 3.63) is 24.0 Å². The summed E-state index contributed by atoms with van der Waals surface area (Å²) in [7, 11) is 0. The number of H-pyrrole nitrogens is 1. The number of carbonyl (C=O) groups is 1. The summed E-state index contributed by atoms with van der Waals surface area (Å²) in [5.74, 6) is -0.362. The Hall–Kier alpha value is -0.750. The number of nitrogens with one attached hydrogen (secondary N) is 2. The Balaban J connectivity index is 1.73. The Morgan fingerprint density at radius 2 is 2.14 bits per heavy atom. The molecule has 1 amide bonds. The number of hydrogen-bond acceptors (Lipinski definition) is 3. The van der Waals surface area contributed by atoms with Gasteiger partial charge in [0.1, 0.15) is 6.61 Å². The number of amides is 1. The van der Waals surface area contributed by atoms with E-state index < -0.39 is 0 Å². The van der Waals surface area contributed by atoms with Gasteiger partial charge in [0.05, 0.1) is 28.8 Å². The molecule has 0 saturated heterocycles. The molecule has 116 valence electrons. The molecule has 0 aromatic carbocycles. The van der Waals surface area contributed by atoms with Crippen LogP contribution in [0.15, 0.2) is 23.4 Å². The number of alkyl halides is 3. The molecule has 2 N–H and O–H groups in total. The first-order chi connectivity index (χ1) is 10.1. The third kappa shape index (κ3) is 5.18. The van der Waals surface area contributed by atoms with Crippen LogP contribution in [0, 0.1) is 0 Å². The molecule has 0 radical (unpaired) electrons. The zero-order chi connectivity index (χ0) is 15.2. The summed E-state index contributed by atoms with van der Waals surface area (Å²) in [6.45, 7) is -0.147. The molecule has 21 heavy (non-hydrogen) atoms. The van der Waals surface area contributed by atoms with Crippen molar-refractivity contribution in [1.29, 1.82) is 0 Å². The van der Waals surface area contributed by atoms with Crippen LogP contribution < -0.4 is 5.43 Å². The second-order valence-electron chi connectivity index (χ2n) is 4.79.